The van der Waals surface area contributed by atoms with Crippen molar-refractivity contribution < 1.29 is 14.6 Å². The first-order valence-corrected chi connectivity index (χ1v) is 8.15. The highest BCUT2D eigenvalue weighted by molar-refractivity contribution is 5.70. The minimum atomic E-state index is -0.927. The van der Waals surface area contributed by atoms with Crippen LogP contribution in [0.1, 0.15) is 79.6 Å². The van der Waals surface area contributed by atoms with Gasteiger partial charge in [-0.2, -0.15) is 0 Å². The zero-order valence-corrected chi connectivity index (χ0v) is 14.1. The lowest BCUT2D eigenvalue weighted by molar-refractivity contribution is -0.148. The topological polar surface area (TPSA) is 46.5 Å². The summed E-state index contributed by atoms with van der Waals surface area (Å²) in [4.78, 5) is 11.4. The molecule has 0 aliphatic carbocycles. The molecule has 3 nitrogen and oxygen atoms in total. The minimum absolute atomic E-state index is 0.0998. The first kappa shape index (κ1) is 19.4. The van der Waals surface area contributed by atoms with Gasteiger partial charge < -0.3 is 9.84 Å². The van der Waals surface area contributed by atoms with E-state index in [1.807, 2.05) is 0 Å². The Hall–Kier alpha value is -0.570. The molecule has 3 heteroatoms. The van der Waals surface area contributed by atoms with Crippen LogP contribution in [0.15, 0.2) is 0 Å². The molecule has 0 aliphatic heterocycles. The van der Waals surface area contributed by atoms with Crippen molar-refractivity contribution in [3.63, 3.8) is 0 Å². The fraction of sp³-hybridized carbons (Fsp3) is 0.941. The molecule has 120 valence electrons. The smallest absolute Gasteiger partial charge is 0.308 e. The monoisotopic (exact) mass is 286 g/mol. The molecule has 2 atom stereocenters. The normalized spacial score (nSPS) is 15.9. The second-order valence-corrected chi connectivity index (χ2v) is 6.80. The van der Waals surface area contributed by atoms with Gasteiger partial charge in [0.1, 0.15) is 0 Å². The largest absolute Gasteiger partial charge is 0.466 e. The number of aliphatic hydroxyl groups is 1. The number of carbonyl (C=O) groups is 1. The zero-order chi connectivity index (χ0) is 15.6. The molecule has 2 unspecified atom stereocenters. The molecule has 0 saturated carbocycles. The molecular formula is C17H34O3. The van der Waals surface area contributed by atoms with Gasteiger partial charge in [-0.15, -0.1) is 0 Å². The molecule has 0 aromatic rings. The average Bonchev–Trinajstić information content (AvgIpc) is 2.27. The summed E-state index contributed by atoms with van der Waals surface area (Å²) in [6, 6.07) is 0. The average molecular weight is 286 g/mol. The second kappa shape index (κ2) is 10.2. The van der Waals surface area contributed by atoms with E-state index in [0.29, 0.717) is 18.9 Å². The van der Waals surface area contributed by atoms with E-state index in [0.717, 1.165) is 18.8 Å². The maximum Gasteiger partial charge on any atom is 0.308 e. The van der Waals surface area contributed by atoms with E-state index in [2.05, 4.69) is 20.8 Å². The van der Waals surface area contributed by atoms with Gasteiger partial charge >= 0.3 is 5.97 Å². The van der Waals surface area contributed by atoms with Gasteiger partial charge in [0.25, 0.3) is 0 Å². The Labute approximate surface area is 125 Å². The van der Waals surface area contributed by atoms with E-state index in [9.17, 15) is 9.90 Å². The third-order valence-corrected chi connectivity index (χ3v) is 3.72. The third kappa shape index (κ3) is 11.3. The highest BCUT2D eigenvalue weighted by Gasteiger charge is 2.24. The molecule has 1 N–H and O–H groups in total. The Morgan fingerprint density at radius 3 is 2.30 bits per heavy atom. The molecule has 0 saturated heterocycles. The van der Waals surface area contributed by atoms with Crippen LogP contribution in [-0.2, 0) is 9.53 Å². The van der Waals surface area contributed by atoms with Crippen LogP contribution >= 0.6 is 0 Å². The predicted octanol–water partition coefficient (Wildman–Crippen LogP) is 4.32. The minimum Gasteiger partial charge on any atom is -0.466 e. The number of carbonyl (C=O) groups excluding carboxylic acids is 1. The van der Waals surface area contributed by atoms with Crippen molar-refractivity contribution in [3.8, 4) is 0 Å². The first-order valence-electron chi connectivity index (χ1n) is 8.15. The quantitative estimate of drug-likeness (QED) is 0.575. The standard InChI is InChI=1S/C17H34O3/c1-6-20-16(18)13-17(5,19)12-8-11-15(4)10-7-9-14(2)3/h14-15,19H,6-13H2,1-5H3. The van der Waals surface area contributed by atoms with Gasteiger partial charge in [0.15, 0.2) is 0 Å². The SMILES string of the molecule is CCOC(=O)CC(C)(O)CCCC(C)CCCC(C)C. The Kier molecular flexibility index (Phi) is 9.91. The van der Waals surface area contributed by atoms with Crippen LogP contribution in [-0.4, -0.2) is 23.3 Å². The van der Waals surface area contributed by atoms with Crippen LogP contribution in [0.2, 0.25) is 0 Å². The summed E-state index contributed by atoms with van der Waals surface area (Å²) < 4.78 is 4.88. The number of esters is 1. The summed E-state index contributed by atoms with van der Waals surface area (Å²) in [6.07, 6.45) is 6.70. The van der Waals surface area contributed by atoms with Gasteiger partial charge in [-0.25, -0.2) is 0 Å². The number of rotatable bonds is 11. The molecule has 0 aromatic heterocycles. The van der Waals surface area contributed by atoms with E-state index in [-0.39, 0.29) is 12.4 Å². The summed E-state index contributed by atoms with van der Waals surface area (Å²) in [6.45, 7) is 10.7. The van der Waals surface area contributed by atoms with Crippen LogP contribution in [0.3, 0.4) is 0 Å². The highest BCUT2D eigenvalue weighted by atomic mass is 16.5. The van der Waals surface area contributed by atoms with Crippen LogP contribution in [0, 0.1) is 11.8 Å². The van der Waals surface area contributed by atoms with Gasteiger partial charge in [0.2, 0.25) is 0 Å². The van der Waals surface area contributed by atoms with Crippen molar-refractivity contribution in [1.29, 1.82) is 0 Å². The van der Waals surface area contributed by atoms with Crippen molar-refractivity contribution in [1.82, 2.24) is 0 Å². The summed E-state index contributed by atoms with van der Waals surface area (Å²) in [5, 5.41) is 10.2. The van der Waals surface area contributed by atoms with Gasteiger partial charge in [-0.3, -0.25) is 4.79 Å². The van der Waals surface area contributed by atoms with E-state index in [1.165, 1.54) is 19.3 Å². The lowest BCUT2D eigenvalue weighted by atomic mass is 9.90. The fourth-order valence-electron chi connectivity index (χ4n) is 2.46. The van der Waals surface area contributed by atoms with Crippen molar-refractivity contribution in [2.75, 3.05) is 6.61 Å². The van der Waals surface area contributed by atoms with Crippen molar-refractivity contribution in [2.24, 2.45) is 11.8 Å². The molecule has 20 heavy (non-hydrogen) atoms. The molecule has 0 amide bonds. The first-order chi connectivity index (χ1) is 9.26. The van der Waals surface area contributed by atoms with Crippen molar-refractivity contribution in [2.45, 2.75) is 85.2 Å². The molecule has 0 rings (SSSR count). The van der Waals surface area contributed by atoms with E-state index >= 15 is 0 Å². The fourth-order valence-corrected chi connectivity index (χ4v) is 2.46. The Morgan fingerprint density at radius 2 is 1.75 bits per heavy atom. The number of hydrogen-bond donors (Lipinski definition) is 1. The maximum atomic E-state index is 11.4. The molecule has 0 heterocycles. The molecule has 0 aliphatic rings. The van der Waals surface area contributed by atoms with E-state index < -0.39 is 5.60 Å². The molecule has 0 radical (unpaired) electrons. The highest BCUT2D eigenvalue weighted by Crippen LogP contribution is 2.23. The van der Waals surface area contributed by atoms with Crippen LogP contribution in [0.25, 0.3) is 0 Å². The third-order valence-electron chi connectivity index (χ3n) is 3.72. The molecule has 0 spiro atoms. The van der Waals surface area contributed by atoms with Crippen molar-refractivity contribution in [3.05, 3.63) is 0 Å². The van der Waals surface area contributed by atoms with E-state index in [4.69, 9.17) is 4.74 Å². The van der Waals surface area contributed by atoms with E-state index in [1.54, 1.807) is 13.8 Å². The molecule has 0 fully saturated rings. The summed E-state index contributed by atoms with van der Waals surface area (Å²) in [5.74, 6) is 1.18. The second-order valence-electron chi connectivity index (χ2n) is 6.80. The Balaban J connectivity index is 3.77. The van der Waals surface area contributed by atoms with Gasteiger partial charge in [-0.1, -0.05) is 52.9 Å². The van der Waals surface area contributed by atoms with Crippen molar-refractivity contribution >= 4 is 5.97 Å². The van der Waals surface area contributed by atoms with Gasteiger partial charge in [-0.05, 0) is 32.1 Å². The lowest BCUT2D eigenvalue weighted by Gasteiger charge is -2.23. The Bertz CT molecular complexity index is 259. The Morgan fingerprint density at radius 1 is 1.15 bits per heavy atom. The molecule has 0 bridgehead atoms. The molecule has 0 aromatic carbocycles. The summed E-state index contributed by atoms with van der Waals surface area (Å²) in [7, 11) is 0. The number of hydrogen-bond acceptors (Lipinski definition) is 3. The predicted molar refractivity (Wildman–Crippen MR) is 83.6 cm³/mol. The number of ether oxygens (including phenoxy) is 1. The van der Waals surface area contributed by atoms with Crippen LogP contribution in [0.4, 0.5) is 0 Å². The van der Waals surface area contributed by atoms with Crippen LogP contribution < -0.4 is 0 Å². The van der Waals surface area contributed by atoms with Gasteiger partial charge in [0.05, 0.1) is 18.6 Å². The molecular weight excluding hydrogens is 252 g/mol. The zero-order valence-electron chi connectivity index (χ0n) is 14.1. The summed E-state index contributed by atoms with van der Waals surface area (Å²) in [5.41, 5.74) is -0.927. The lowest BCUT2D eigenvalue weighted by Crippen LogP contribution is -2.28. The maximum absolute atomic E-state index is 11.4. The van der Waals surface area contributed by atoms with Crippen LogP contribution in [0.5, 0.6) is 0 Å². The summed E-state index contributed by atoms with van der Waals surface area (Å²) >= 11 is 0. The van der Waals surface area contributed by atoms with Gasteiger partial charge in [0, 0.05) is 0 Å².